The first-order valence-corrected chi connectivity index (χ1v) is 10.2. The van der Waals surface area contributed by atoms with E-state index in [0.717, 1.165) is 16.6 Å². The zero-order chi connectivity index (χ0) is 21.6. The molecule has 1 heterocycles. The van der Waals surface area contributed by atoms with E-state index in [0.29, 0.717) is 24.4 Å². The summed E-state index contributed by atoms with van der Waals surface area (Å²) in [6.45, 7) is 0.271. The van der Waals surface area contributed by atoms with Gasteiger partial charge in [0.2, 0.25) is 5.91 Å². The van der Waals surface area contributed by atoms with Gasteiger partial charge in [0.05, 0.1) is 23.6 Å². The number of aromatic nitrogens is 2. The molecule has 3 aromatic carbocycles. The lowest BCUT2D eigenvalue weighted by Crippen LogP contribution is -2.34. The molecule has 0 aliphatic rings. The molecular weight excluding hydrogens is 393 g/mol. The molecule has 1 amide bonds. The van der Waals surface area contributed by atoms with Crippen LogP contribution in [0.1, 0.15) is 23.0 Å². The molecule has 5 nitrogen and oxygen atoms in total. The average molecular weight is 417 g/mol. The molecular formula is C25H24FN3O2. The summed E-state index contributed by atoms with van der Waals surface area (Å²) in [6.07, 6.45) is 0.552. The summed E-state index contributed by atoms with van der Waals surface area (Å²) in [5.41, 5.74) is 3.32. The minimum Gasteiger partial charge on any atom is -0.375 e. The van der Waals surface area contributed by atoms with Gasteiger partial charge < -0.3 is 14.6 Å². The topological polar surface area (TPSA) is 56.1 Å². The number of halogens is 1. The van der Waals surface area contributed by atoms with Crippen molar-refractivity contribution in [3.63, 3.8) is 0 Å². The first-order chi connectivity index (χ1) is 15.2. The maximum absolute atomic E-state index is 14.5. The van der Waals surface area contributed by atoms with Crippen molar-refractivity contribution in [3.05, 3.63) is 102 Å². The maximum atomic E-state index is 14.5. The number of ether oxygens (including phenoxy) is 1. The van der Waals surface area contributed by atoms with Crippen LogP contribution in [0, 0.1) is 5.82 Å². The summed E-state index contributed by atoms with van der Waals surface area (Å²) in [4.78, 5) is 17.3. The molecule has 0 saturated carbocycles. The van der Waals surface area contributed by atoms with E-state index >= 15 is 0 Å². The van der Waals surface area contributed by atoms with Crippen LogP contribution in [0.15, 0.2) is 78.9 Å². The van der Waals surface area contributed by atoms with Gasteiger partial charge in [0, 0.05) is 12.7 Å². The Hall–Kier alpha value is -3.51. The van der Waals surface area contributed by atoms with Crippen molar-refractivity contribution in [3.8, 4) is 0 Å². The normalized spacial score (nSPS) is 12.1. The number of benzene rings is 3. The molecule has 1 aromatic heterocycles. The van der Waals surface area contributed by atoms with E-state index in [1.807, 2.05) is 65.2 Å². The van der Waals surface area contributed by atoms with E-state index < -0.39 is 6.04 Å². The fourth-order valence-corrected chi connectivity index (χ4v) is 3.75. The van der Waals surface area contributed by atoms with Gasteiger partial charge in [-0.05, 0) is 30.2 Å². The van der Waals surface area contributed by atoms with Crippen LogP contribution in [-0.2, 0) is 22.5 Å². The fourth-order valence-electron chi connectivity index (χ4n) is 3.75. The Kier molecular flexibility index (Phi) is 6.38. The molecule has 4 aromatic rings. The Bertz CT molecular complexity index is 1170. The van der Waals surface area contributed by atoms with Gasteiger partial charge in [-0.1, -0.05) is 60.7 Å². The molecule has 0 unspecified atom stereocenters. The Morgan fingerprint density at radius 1 is 1.03 bits per heavy atom. The number of para-hydroxylation sites is 2. The molecule has 4 rings (SSSR count). The number of carbonyl (C=O) groups excluding carboxylic acids is 1. The summed E-state index contributed by atoms with van der Waals surface area (Å²) in [5, 5.41) is 3.04. The van der Waals surface area contributed by atoms with E-state index in [1.54, 1.807) is 12.1 Å². The van der Waals surface area contributed by atoms with Crippen molar-refractivity contribution in [2.24, 2.45) is 0 Å². The van der Waals surface area contributed by atoms with Crippen molar-refractivity contribution in [2.75, 3.05) is 13.7 Å². The number of hydrogen-bond donors (Lipinski definition) is 1. The minimum atomic E-state index is -0.399. The van der Waals surface area contributed by atoms with Gasteiger partial charge in [-0.15, -0.1) is 0 Å². The lowest BCUT2D eigenvalue weighted by Gasteiger charge is -2.20. The second-order valence-electron chi connectivity index (χ2n) is 7.38. The summed E-state index contributed by atoms with van der Waals surface area (Å²) in [5.74, 6) is 0.181. The number of rotatable bonds is 8. The Morgan fingerprint density at radius 2 is 1.74 bits per heavy atom. The Balaban J connectivity index is 1.79. The largest absolute Gasteiger partial charge is 0.375 e. The third-order valence-electron chi connectivity index (χ3n) is 5.18. The molecule has 0 fully saturated rings. The number of fused-ring (bicyclic) bond motifs is 1. The molecule has 0 saturated heterocycles. The highest BCUT2D eigenvalue weighted by Gasteiger charge is 2.23. The van der Waals surface area contributed by atoms with Crippen LogP contribution in [0.25, 0.3) is 11.0 Å². The van der Waals surface area contributed by atoms with Crippen molar-refractivity contribution in [1.29, 1.82) is 0 Å². The molecule has 0 bridgehead atoms. The monoisotopic (exact) mass is 417 g/mol. The predicted molar refractivity (Wildman–Crippen MR) is 118 cm³/mol. The number of hydrogen-bond acceptors (Lipinski definition) is 3. The lowest BCUT2D eigenvalue weighted by atomic mass is 10.0. The van der Waals surface area contributed by atoms with Crippen LogP contribution in [0.5, 0.6) is 0 Å². The summed E-state index contributed by atoms with van der Waals surface area (Å²) in [7, 11) is 1.49. The SMILES string of the molecule is COCC(=O)N[C@H](Cc1ccccc1)c1nc2ccccc2n1Cc1ccccc1F. The highest BCUT2D eigenvalue weighted by Crippen LogP contribution is 2.25. The molecule has 158 valence electrons. The van der Waals surface area contributed by atoms with Gasteiger partial charge in [0.15, 0.2) is 0 Å². The van der Waals surface area contributed by atoms with E-state index in [4.69, 9.17) is 9.72 Å². The molecule has 0 radical (unpaired) electrons. The minimum absolute atomic E-state index is 0.0428. The van der Waals surface area contributed by atoms with Gasteiger partial charge in [-0.3, -0.25) is 4.79 Å². The van der Waals surface area contributed by atoms with Crippen LogP contribution in [-0.4, -0.2) is 29.2 Å². The van der Waals surface area contributed by atoms with Gasteiger partial charge in [-0.2, -0.15) is 0 Å². The summed E-state index contributed by atoms with van der Waals surface area (Å²) < 4.78 is 21.4. The standard InChI is InChI=1S/C25H24FN3O2/c1-31-17-24(30)27-22(15-18-9-3-2-4-10-18)25-28-21-13-7-8-14-23(21)29(25)16-19-11-5-6-12-20(19)26/h2-14,22H,15-17H2,1H3,(H,27,30)/t22-/m1/s1. The molecule has 1 N–H and O–H groups in total. The number of methoxy groups -OCH3 is 1. The number of nitrogens with zero attached hydrogens (tertiary/aromatic N) is 2. The number of carbonyl (C=O) groups is 1. The molecule has 1 atom stereocenters. The van der Waals surface area contributed by atoms with Gasteiger partial charge in [0.1, 0.15) is 18.2 Å². The summed E-state index contributed by atoms with van der Waals surface area (Å²) >= 11 is 0. The molecule has 0 aliphatic heterocycles. The second kappa shape index (κ2) is 9.53. The van der Waals surface area contributed by atoms with Crippen molar-refractivity contribution < 1.29 is 13.9 Å². The van der Waals surface area contributed by atoms with Crippen LogP contribution in [0.4, 0.5) is 4.39 Å². The highest BCUT2D eigenvalue weighted by atomic mass is 19.1. The van der Waals surface area contributed by atoms with E-state index in [9.17, 15) is 9.18 Å². The molecule has 31 heavy (non-hydrogen) atoms. The van der Waals surface area contributed by atoms with Crippen LogP contribution in [0.3, 0.4) is 0 Å². The zero-order valence-electron chi connectivity index (χ0n) is 17.3. The molecule has 0 spiro atoms. The molecule has 6 heteroatoms. The van der Waals surface area contributed by atoms with Gasteiger partial charge in [-0.25, -0.2) is 9.37 Å². The first kappa shape index (κ1) is 20.8. The third kappa shape index (κ3) is 4.81. The third-order valence-corrected chi connectivity index (χ3v) is 5.18. The smallest absolute Gasteiger partial charge is 0.246 e. The zero-order valence-corrected chi connectivity index (χ0v) is 17.3. The second-order valence-corrected chi connectivity index (χ2v) is 7.38. The predicted octanol–water partition coefficient (Wildman–Crippen LogP) is 4.27. The van der Waals surface area contributed by atoms with Crippen molar-refractivity contribution in [1.82, 2.24) is 14.9 Å². The van der Waals surface area contributed by atoms with Crippen molar-refractivity contribution >= 4 is 16.9 Å². The summed E-state index contributed by atoms with van der Waals surface area (Å²) in [6, 6.07) is 24.0. The number of imidazole rings is 1. The van der Waals surface area contributed by atoms with E-state index in [2.05, 4.69) is 5.32 Å². The first-order valence-electron chi connectivity index (χ1n) is 10.2. The molecule has 0 aliphatic carbocycles. The van der Waals surface area contributed by atoms with Crippen LogP contribution < -0.4 is 5.32 Å². The Morgan fingerprint density at radius 3 is 2.52 bits per heavy atom. The number of amides is 1. The van der Waals surface area contributed by atoms with E-state index in [-0.39, 0.29) is 18.3 Å². The van der Waals surface area contributed by atoms with Gasteiger partial charge >= 0.3 is 0 Å². The lowest BCUT2D eigenvalue weighted by molar-refractivity contribution is -0.125. The maximum Gasteiger partial charge on any atom is 0.246 e. The highest BCUT2D eigenvalue weighted by molar-refractivity contribution is 5.79. The average Bonchev–Trinajstić information content (AvgIpc) is 3.14. The van der Waals surface area contributed by atoms with Crippen LogP contribution in [0.2, 0.25) is 0 Å². The Labute approximate surface area is 180 Å². The number of nitrogens with one attached hydrogen (secondary N) is 1. The van der Waals surface area contributed by atoms with Crippen LogP contribution >= 0.6 is 0 Å². The quantitative estimate of drug-likeness (QED) is 0.466. The van der Waals surface area contributed by atoms with Crippen molar-refractivity contribution in [2.45, 2.75) is 19.0 Å². The fraction of sp³-hybridized carbons (Fsp3) is 0.200. The van der Waals surface area contributed by atoms with Gasteiger partial charge in [0.25, 0.3) is 0 Å². The van der Waals surface area contributed by atoms with E-state index in [1.165, 1.54) is 13.2 Å².